The van der Waals surface area contributed by atoms with Crippen LogP contribution in [0.4, 0.5) is 4.79 Å². The highest BCUT2D eigenvalue weighted by Crippen LogP contribution is 2.21. The van der Waals surface area contributed by atoms with Gasteiger partial charge in [0, 0.05) is 0 Å². The average Bonchev–Trinajstić information content (AvgIpc) is 2.79. The normalized spacial score (nSPS) is 13.4. The zero-order chi connectivity index (χ0) is 26.2. The summed E-state index contributed by atoms with van der Waals surface area (Å²) in [6.07, 6.45) is 0. The van der Waals surface area contributed by atoms with Crippen LogP contribution < -0.4 is 15.4 Å². The Morgan fingerprint density at radius 3 is 1.94 bits per heavy atom. The van der Waals surface area contributed by atoms with Gasteiger partial charge in [-0.3, -0.25) is 4.79 Å². The molecule has 0 heterocycles. The minimum Gasteiger partial charge on any atom is -0.459 e. The number of amides is 3. The molecule has 0 saturated heterocycles. The van der Waals surface area contributed by atoms with Crippen molar-refractivity contribution in [2.45, 2.75) is 58.2 Å². The molecule has 0 radical (unpaired) electrons. The summed E-state index contributed by atoms with van der Waals surface area (Å²) in [5.41, 5.74) is 0.103. The van der Waals surface area contributed by atoms with Gasteiger partial charge in [0.25, 0.3) is 15.9 Å². The number of esters is 1. The maximum Gasteiger partial charge on any atom is 0.329 e. The summed E-state index contributed by atoms with van der Waals surface area (Å²) in [5.74, 6) is -1.96. The predicted molar refractivity (Wildman–Crippen MR) is 132 cm³/mol. The Morgan fingerprint density at radius 2 is 1.43 bits per heavy atom. The molecule has 2 rings (SSSR count). The molecular formula is C25H33N3O6S. The molecule has 35 heavy (non-hydrogen) atoms. The fraction of sp³-hybridized carbons (Fsp3) is 0.400. The van der Waals surface area contributed by atoms with Gasteiger partial charge in [-0.15, -0.1) is 0 Å². The molecule has 2 aromatic rings. The first kappa shape index (κ1) is 27.8. The number of ether oxygens (including phenoxy) is 1. The van der Waals surface area contributed by atoms with Crippen LogP contribution in [0.5, 0.6) is 0 Å². The first-order valence-corrected chi connectivity index (χ1v) is 12.7. The van der Waals surface area contributed by atoms with E-state index in [0.29, 0.717) is 0 Å². The van der Waals surface area contributed by atoms with Gasteiger partial charge in [0.05, 0.1) is 4.90 Å². The smallest absolute Gasteiger partial charge is 0.329 e. The zero-order valence-electron chi connectivity index (χ0n) is 20.6. The first-order chi connectivity index (χ1) is 16.3. The van der Waals surface area contributed by atoms with Crippen molar-refractivity contribution >= 4 is 27.9 Å². The van der Waals surface area contributed by atoms with Gasteiger partial charge in [-0.05, 0) is 29.0 Å². The maximum atomic E-state index is 12.8. The highest BCUT2D eigenvalue weighted by molar-refractivity contribution is 7.90. The third-order valence-electron chi connectivity index (χ3n) is 5.13. The molecule has 0 aromatic heterocycles. The lowest BCUT2D eigenvalue weighted by Crippen LogP contribution is -2.58. The molecule has 0 aliphatic carbocycles. The summed E-state index contributed by atoms with van der Waals surface area (Å²) >= 11 is 0. The number of carbonyl (C=O) groups is 3. The Balaban J connectivity index is 2.07. The largest absolute Gasteiger partial charge is 0.459 e. The quantitative estimate of drug-likeness (QED) is 0.451. The molecule has 2 aromatic carbocycles. The standard InChI is InChI=1S/C25H33N3O6S/c1-17(2)20(22(29)28-35(32,33)19-14-10-7-11-15-19)26-24(31)27-21(25(3,4)5)23(30)34-16-18-12-8-6-9-13-18/h6-15,17,20-21H,16H2,1-5H3,(H,28,29)(H2,26,27,31)/t20-,21+/m0/s1. The van der Waals surface area contributed by atoms with Crippen LogP contribution in [0, 0.1) is 11.3 Å². The van der Waals surface area contributed by atoms with Crippen molar-refractivity contribution in [3.05, 3.63) is 66.2 Å². The second-order valence-corrected chi connectivity index (χ2v) is 11.2. The molecule has 10 heteroatoms. The summed E-state index contributed by atoms with van der Waals surface area (Å²) in [5, 5.41) is 5.06. The number of hydrogen-bond donors (Lipinski definition) is 3. The molecule has 0 spiro atoms. The first-order valence-electron chi connectivity index (χ1n) is 11.2. The summed E-state index contributed by atoms with van der Waals surface area (Å²) in [6, 6.07) is 13.6. The number of sulfonamides is 1. The third-order valence-corrected chi connectivity index (χ3v) is 6.49. The number of carbonyl (C=O) groups excluding carboxylic acids is 3. The van der Waals surface area contributed by atoms with Crippen molar-refractivity contribution in [3.63, 3.8) is 0 Å². The van der Waals surface area contributed by atoms with Crippen molar-refractivity contribution in [3.8, 4) is 0 Å². The summed E-state index contributed by atoms with van der Waals surface area (Å²) < 4.78 is 32.4. The molecular weight excluding hydrogens is 470 g/mol. The third kappa shape index (κ3) is 8.40. The minimum atomic E-state index is -4.11. The Hall–Kier alpha value is -3.40. The molecule has 0 bridgehead atoms. The second-order valence-electron chi connectivity index (χ2n) is 9.51. The van der Waals surface area contributed by atoms with Gasteiger partial charge in [-0.2, -0.15) is 0 Å². The summed E-state index contributed by atoms with van der Waals surface area (Å²) in [6.45, 7) is 8.66. The van der Waals surface area contributed by atoms with Gasteiger partial charge in [-0.1, -0.05) is 83.1 Å². The van der Waals surface area contributed by atoms with E-state index in [4.69, 9.17) is 4.74 Å². The van der Waals surface area contributed by atoms with Gasteiger partial charge >= 0.3 is 12.0 Å². The molecule has 0 saturated carbocycles. The lowest BCUT2D eigenvalue weighted by atomic mass is 9.87. The molecule has 0 aliphatic heterocycles. The predicted octanol–water partition coefficient (Wildman–Crippen LogP) is 2.97. The Labute approximate surface area is 206 Å². The molecule has 0 aliphatic rings. The van der Waals surface area contributed by atoms with Gasteiger partial charge in [0.1, 0.15) is 18.7 Å². The van der Waals surface area contributed by atoms with Crippen molar-refractivity contribution in [2.24, 2.45) is 11.3 Å². The number of rotatable bonds is 9. The minimum absolute atomic E-state index is 0.0456. The molecule has 190 valence electrons. The number of benzene rings is 2. The zero-order valence-corrected chi connectivity index (χ0v) is 21.4. The van der Waals surface area contributed by atoms with E-state index in [1.165, 1.54) is 24.3 Å². The molecule has 0 fully saturated rings. The topological polar surface area (TPSA) is 131 Å². The van der Waals surface area contributed by atoms with Crippen LogP contribution >= 0.6 is 0 Å². The fourth-order valence-corrected chi connectivity index (χ4v) is 4.17. The van der Waals surface area contributed by atoms with E-state index < -0.39 is 51.3 Å². The van der Waals surface area contributed by atoms with E-state index in [0.717, 1.165) is 5.56 Å². The van der Waals surface area contributed by atoms with Gasteiger partial charge in [0.15, 0.2) is 0 Å². The molecule has 0 unspecified atom stereocenters. The monoisotopic (exact) mass is 503 g/mol. The Morgan fingerprint density at radius 1 is 0.886 bits per heavy atom. The molecule has 3 N–H and O–H groups in total. The van der Waals surface area contributed by atoms with Crippen molar-refractivity contribution in [1.82, 2.24) is 15.4 Å². The van der Waals surface area contributed by atoms with Gasteiger partial charge < -0.3 is 15.4 Å². The van der Waals surface area contributed by atoms with Crippen LogP contribution in [0.25, 0.3) is 0 Å². The van der Waals surface area contributed by atoms with E-state index >= 15 is 0 Å². The van der Waals surface area contributed by atoms with Crippen LogP contribution in [-0.2, 0) is 31.0 Å². The van der Waals surface area contributed by atoms with Gasteiger partial charge in [0.2, 0.25) is 0 Å². The van der Waals surface area contributed by atoms with Crippen molar-refractivity contribution in [2.75, 3.05) is 0 Å². The lowest BCUT2D eigenvalue weighted by molar-refractivity contribution is -0.150. The Kier molecular flexibility index (Phi) is 9.41. The van der Waals surface area contributed by atoms with Crippen molar-refractivity contribution < 1.29 is 27.5 Å². The SMILES string of the molecule is CC(C)[C@H](NC(=O)N[C@H](C(=O)OCc1ccccc1)C(C)(C)C)C(=O)NS(=O)(=O)c1ccccc1. The van der Waals surface area contributed by atoms with E-state index in [2.05, 4.69) is 10.6 Å². The number of urea groups is 1. The summed E-state index contributed by atoms with van der Waals surface area (Å²) in [4.78, 5) is 38.2. The highest BCUT2D eigenvalue weighted by Gasteiger charge is 2.36. The van der Waals surface area contributed by atoms with E-state index in [1.807, 2.05) is 35.1 Å². The van der Waals surface area contributed by atoms with Gasteiger partial charge in [-0.25, -0.2) is 22.7 Å². The molecule has 9 nitrogen and oxygen atoms in total. The van der Waals surface area contributed by atoms with Crippen LogP contribution in [0.3, 0.4) is 0 Å². The van der Waals surface area contributed by atoms with Crippen LogP contribution in [0.15, 0.2) is 65.6 Å². The average molecular weight is 504 g/mol. The Bertz CT molecular complexity index is 1110. The number of hydrogen-bond acceptors (Lipinski definition) is 6. The van der Waals surface area contributed by atoms with E-state index in [1.54, 1.807) is 40.7 Å². The van der Waals surface area contributed by atoms with Crippen LogP contribution in [0.1, 0.15) is 40.2 Å². The number of nitrogens with one attached hydrogen (secondary N) is 3. The van der Waals surface area contributed by atoms with Crippen molar-refractivity contribution in [1.29, 1.82) is 0 Å². The van der Waals surface area contributed by atoms with E-state index in [-0.39, 0.29) is 11.5 Å². The molecule has 2 atom stereocenters. The fourth-order valence-electron chi connectivity index (χ4n) is 3.14. The van der Waals surface area contributed by atoms with Crippen LogP contribution in [0.2, 0.25) is 0 Å². The van der Waals surface area contributed by atoms with E-state index in [9.17, 15) is 22.8 Å². The lowest BCUT2D eigenvalue weighted by Gasteiger charge is -2.30. The highest BCUT2D eigenvalue weighted by atomic mass is 32.2. The molecule has 3 amide bonds. The van der Waals surface area contributed by atoms with Crippen LogP contribution in [-0.4, -0.2) is 38.4 Å². The summed E-state index contributed by atoms with van der Waals surface area (Å²) in [7, 11) is -4.11. The second kappa shape index (κ2) is 11.8. The maximum absolute atomic E-state index is 12.8.